The monoisotopic (exact) mass is 264 g/mol. The second kappa shape index (κ2) is 5.61. The van der Waals surface area contributed by atoms with E-state index in [0.717, 1.165) is 12.1 Å². The van der Waals surface area contributed by atoms with Crippen LogP contribution in [0.15, 0.2) is 18.2 Å². The first-order valence-electron chi connectivity index (χ1n) is 5.04. The maximum atomic E-state index is 12.0. The first-order chi connectivity index (χ1) is 8.30. The van der Waals surface area contributed by atoms with Gasteiger partial charge in [-0.15, -0.1) is 13.2 Å². The highest BCUT2D eigenvalue weighted by atomic mass is 19.4. The summed E-state index contributed by atoms with van der Waals surface area (Å²) >= 11 is 0. The largest absolute Gasteiger partial charge is 0.573 e. The number of phenols is 1. The Balaban J connectivity index is 2.84. The number of alkyl halides is 3. The van der Waals surface area contributed by atoms with Crippen LogP contribution in [0.2, 0.25) is 0 Å². The van der Waals surface area contributed by atoms with Crippen molar-refractivity contribution >= 4 is 5.97 Å². The average Bonchev–Trinajstić information content (AvgIpc) is 2.13. The summed E-state index contributed by atoms with van der Waals surface area (Å²) in [6.07, 6.45) is -5.09. The highest BCUT2D eigenvalue weighted by Crippen LogP contribution is 2.27. The molecule has 0 amide bonds. The van der Waals surface area contributed by atoms with Crippen LogP contribution in [0.1, 0.15) is 12.5 Å². The third-order valence-corrected chi connectivity index (χ3v) is 1.84. The zero-order chi connectivity index (χ0) is 13.8. The van der Waals surface area contributed by atoms with Crippen LogP contribution in [-0.4, -0.2) is 24.0 Å². The molecule has 1 aromatic rings. The van der Waals surface area contributed by atoms with Crippen LogP contribution in [-0.2, 0) is 16.0 Å². The fourth-order valence-corrected chi connectivity index (χ4v) is 1.32. The lowest BCUT2D eigenvalue weighted by atomic mass is 10.1. The molecule has 0 aliphatic carbocycles. The van der Waals surface area contributed by atoms with Crippen molar-refractivity contribution in [2.45, 2.75) is 19.7 Å². The Bertz CT molecular complexity index is 429. The number of halogens is 3. The normalized spacial score (nSPS) is 11.1. The summed E-state index contributed by atoms with van der Waals surface area (Å²) in [5.74, 6) is -1.60. The number of hydrogen-bond donors (Lipinski definition) is 1. The Morgan fingerprint density at radius 2 is 2.00 bits per heavy atom. The summed E-state index contributed by atoms with van der Waals surface area (Å²) in [6, 6.07) is 2.99. The number of hydrogen-bond acceptors (Lipinski definition) is 4. The van der Waals surface area contributed by atoms with Crippen molar-refractivity contribution < 1.29 is 32.5 Å². The van der Waals surface area contributed by atoms with E-state index in [1.807, 2.05) is 0 Å². The Hall–Kier alpha value is -1.92. The van der Waals surface area contributed by atoms with Gasteiger partial charge in [-0.1, -0.05) is 0 Å². The molecule has 1 rings (SSSR count). The second-order valence-corrected chi connectivity index (χ2v) is 3.36. The number of carbonyl (C=O) groups is 1. The highest BCUT2D eigenvalue weighted by Gasteiger charge is 2.31. The van der Waals surface area contributed by atoms with Gasteiger partial charge in [0.25, 0.3) is 0 Å². The fourth-order valence-electron chi connectivity index (χ4n) is 1.32. The van der Waals surface area contributed by atoms with E-state index in [-0.39, 0.29) is 18.6 Å². The van der Waals surface area contributed by atoms with Gasteiger partial charge in [0.05, 0.1) is 13.0 Å². The standard InChI is InChI=1S/C11H11F3O4/c1-2-17-10(16)5-7-3-8(15)6-9(4-7)18-11(12,13)14/h3-4,6,15H,2,5H2,1H3. The topological polar surface area (TPSA) is 55.8 Å². The predicted octanol–water partition coefficient (Wildman–Crippen LogP) is 2.40. The molecular weight excluding hydrogens is 253 g/mol. The van der Waals surface area contributed by atoms with Gasteiger partial charge in [-0.2, -0.15) is 0 Å². The van der Waals surface area contributed by atoms with Crippen molar-refractivity contribution in [3.63, 3.8) is 0 Å². The Labute approximate surface area is 101 Å². The molecule has 0 fully saturated rings. The molecule has 0 saturated heterocycles. The van der Waals surface area contributed by atoms with Gasteiger partial charge in [0.15, 0.2) is 0 Å². The van der Waals surface area contributed by atoms with Crippen molar-refractivity contribution in [1.29, 1.82) is 0 Å². The molecule has 0 aliphatic heterocycles. The lowest BCUT2D eigenvalue weighted by molar-refractivity contribution is -0.274. The molecule has 0 aliphatic rings. The van der Waals surface area contributed by atoms with Crippen molar-refractivity contribution in [2.75, 3.05) is 6.61 Å². The number of benzene rings is 1. The molecular formula is C11H11F3O4. The third-order valence-electron chi connectivity index (χ3n) is 1.84. The van der Waals surface area contributed by atoms with Crippen LogP contribution < -0.4 is 4.74 Å². The van der Waals surface area contributed by atoms with E-state index in [1.165, 1.54) is 6.07 Å². The van der Waals surface area contributed by atoms with Crippen molar-refractivity contribution in [3.05, 3.63) is 23.8 Å². The van der Waals surface area contributed by atoms with Gasteiger partial charge in [-0.3, -0.25) is 4.79 Å². The van der Waals surface area contributed by atoms with Crippen molar-refractivity contribution in [2.24, 2.45) is 0 Å². The van der Waals surface area contributed by atoms with Crippen LogP contribution in [0.4, 0.5) is 13.2 Å². The van der Waals surface area contributed by atoms with Crippen LogP contribution in [0.5, 0.6) is 11.5 Å². The first-order valence-corrected chi connectivity index (χ1v) is 5.04. The summed E-state index contributed by atoms with van der Waals surface area (Å²) in [5.41, 5.74) is 0.174. The summed E-state index contributed by atoms with van der Waals surface area (Å²) in [7, 11) is 0. The van der Waals surface area contributed by atoms with Crippen LogP contribution in [0, 0.1) is 0 Å². The first kappa shape index (κ1) is 14.1. The third kappa shape index (κ3) is 4.94. The van der Waals surface area contributed by atoms with E-state index in [1.54, 1.807) is 6.92 Å². The minimum absolute atomic E-state index is 0.170. The van der Waals surface area contributed by atoms with Gasteiger partial charge in [0.2, 0.25) is 0 Å². The maximum absolute atomic E-state index is 12.0. The van der Waals surface area contributed by atoms with Gasteiger partial charge < -0.3 is 14.6 Å². The summed E-state index contributed by atoms with van der Waals surface area (Å²) in [6.45, 7) is 1.78. The van der Waals surface area contributed by atoms with Crippen LogP contribution >= 0.6 is 0 Å². The summed E-state index contributed by atoms with van der Waals surface area (Å²) in [4.78, 5) is 11.2. The maximum Gasteiger partial charge on any atom is 0.573 e. The quantitative estimate of drug-likeness (QED) is 0.848. The lowest BCUT2D eigenvalue weighted by Gasteiger charge is -2.10. The molecule has 100 valence electrons. The summed E-state index contributed by atoms with van der Waals surface area (Å²) in [5, 5.41) is 9.23. The van der Waals surface area contributed by atoms with E-state index >= 15 is 0 Å². The summed E-state index contributed by atoms with van der Waals surface area (Å²) < 4.78 is 44.3. The van der Waals surface area contributed by atoms with Crippen LogP contribution in [0.3, 0.4) is 0 Å². The molecule has 0 atom stereocenters. The predicted molar refractivity (Wildman–Crippen MR) is 55.1 cm³/mol. The number of esters is 1. The number of ether oxygens (including phenoxy) is 2. The number of phenolic OH excluding ortho intramolecular Hbond substituents is 1. The number of rotatable bonds is 4. The van der Waals surface area contributed by atoms with Gasteiger partial charge in [-0.05, 0) is 24.6 Å². The molecule has 18 heavy (non-hydrogen) atoms. The number of carbonyl (C=O) groups excluding carboxylic acids is 1. The lowest BCUT2D eigenvalue weighted by Crippen LogP contribution is -2.17. The zero-order valence-corrected chi connectivity index (χ0v) is 9.45. The second-order valence-electron chi connectivity index (χ2n) is 3.36. The van der Waals surface area contributed by atoms with E-state index < -0.39 is 23.8 Å². The molecule has 0 saturated carbocycles. The van der Waals surface area contributed by atoms with Crippen molar-refractivity contribution in [1.82, 2.24) is 0 Å². The van der Waals surface area contributed by atoms with Gasteiger partial charge >= 0.3 is 12.3 Å². The molecule has 7 heteroatoms. The Morgan fingerprint density at radius 1 is 1.33 bits per heavy atom. The molecule has 1 aromatic carbocycles. The molecule has 0 unspecified atom stereocenters. The molecule has 4 nitrogen and oxygen atoms in total. The minimum atomic E-state index is -4.85. The number of aromatic hydroxyl groups is 1. The molecule has 0 bridgehead atoms. The Kier molecular flexibility index (Phi) is 4.41. The smallest absolute Gasteiger partial charge is 0.508 e. The van der Waals surface area contributed by atoms with E-state index in [0.29, 0.717) is 0 Å². The molecule has 0 spiro atoms. The van der Waals surface area contributed by atoms with Crippen LogP contribution in [0.25, 0.3) is 0 Å². The SMILES string of the molecule is CCOC(=O)Cc1cc(O)cc(OC(F)(F)F)c1. The van der Waals surface area contributed by atoms with Gasteiger partial charge in [-0.25, -0.2) is 0 Å². The van der Waals surface area contributed by atoms with Crippen molar-refractivity contribution in [3.8, 4) is 11.5 Å². The van der Waals surface area contributed by atoms with Gasteiger partial charge in [0, 0.05) is 6.07 Å². The zero-order valence-electron chi connectivity index (χ0n) is 9.45. The van der Waals surface area contributed by atoms with Gasteiger partial charge in [0.1, 0.15) is 11.5 Å². The molecule has 0 radical (unpaired) electrons. The van der Waals surface area contributed by atoms with E-state index in [9.17, 15) is 23.1 Å². The minimum Gasteiger partial charge on any atom is -0.508 e. The average molecular weight is 264 g/mol. The van der Waals surface area contributed by atoms with E-state index in [4.69, 9.17) is 0 Å². The Morgan fingerprint density at radius 3 is 2.56 bits per heavy atom. The van der Waals surface area contributed by atoms with E-state index in [2.05, 4.69) is 9.47 Å². The fraction of sp³-hybridized carbons (Fsp3) is 0.364. The highest BCUT2D eigenvalue weighted by molar-refractivity contribution is 5.72. The molecule has 1 N–H and O–H groups in total. The molecule has 0 heterocycles. The molecule has 0 aromatic heterocycles.